The topological polar surface area (TPSA) is 66.4 Å². The van der Waals surface area contributed by atoms with Gasteiger partial charge in [-0.15, -0.1) is 0 Å². The molecule has 1 saturated heterocycles. The van der Waals surface area contributed by atoms with Gasteiger partial charge in [0.2, 0.25) is 10.0 Å². The number of piperidine rings is 1. The average Bonchev–Trinajstić information content (AvgIpc) is 3.48. The maximum Gasteiger partial charge on any atom is 0.216 e. The van der Waals surface area contributed by atoms with E-state index in [0.29, 0.717) is 18.4 Å². The van der Waals surface area contributed by atoms with Crippen LogP contribution in [-0.4, -0.2) is 54.6 Å². The van der Waals surface area contributed by atoms with Crippen LogP contribution in [0.25, 0.3) is 0 Å². The van der Waals surface area contributed by atoms with Gasteiger partial charge in [0.25, 0.3) is 0 Å². The molecule has 3 aliphatic rings. The number of sulfonamides is 1. The van der Waals surface area contributed by atoms with Crippen LogP contribution < -0.4 is 4.90 Å². The van der Waals surface area contributed by atoms with Gasteiger partial charge in [-0.2, -0.15) is 0 Å². The van der Waals surface area contributed by atoms with Gasteiger partial charge in [0, 0.05) is 44.4 Å². The van der Waals surface area contributed by atoms with E-state index in [0.717, 1.165) is 56.1 Å². The van der Waals surface area contributed by atoms with Gasteiger partial charge in [0.15, 0.2) is 0 Å². The molecule has 25 heavy (non-hydrogen) atoms. The predicted octanol–water partition coefficient (Wildman–Crippen LogP) is 2.30. The highest BCUT2D eigenvalue weighted by molar-refractivity contribution is 7.90. The number of aromatic nitrogens is 2. The Hall–Kier alpha value is -1.21. The van der Waals surface area contributed by atoms with Crippen molar-refractivity contribution in [3.8, 4) is 0 Å². The third-order valence-electron chi connectivity index (χ3n) is 5.63. The molecule has 2 aliphatic carbocycles. The minimum Gasteiger partial charge on any atom is -0.356 e. The lowest BCUT2D eigenvalue weighted by Crippen LogP contribution is -2.40. The van der Waals surface area contributed by atoms with Crippen molar-refractivity contribution in [3.05, 3.63) is 17.6 Å². The van der Waals surface area contributed by atoms with Crippen LogP contribution in [0.5, 0.6) is 0 Å². The second-order valence-electron chi connectivity index (χ2n) is 7.96. The standard InChI is InChI=1S/C18H28N4O2S/c1-13-11-17(20-18(19-13)15-3-4-15)22-9-7-14(8-10-22)12-21(2)25(23,24)16-5-6-16/h11,14-16H,3-10,12H2,1-2H3. The number of anilines is 1. The molecule has 0 spiro atoms. The van der Waals surface area contributed by atoms with Crippen molar-refractivity contribution in [2.45, 2.75) is 56.6 Å². The summed E-state index contributed by atoms with van der Waals surface area (Å²) in [6.45, 7) is 4.59. The quantitative estimate of drug-likeness (QED) is 0.775. The van der Waals surface area contributed by atoms with Crippen LogP contribution in [-0.2, 0) is 10.0 Å². The molecule has 2 saturated carbocycles. The predicted molar refractivity (Wildman–Crippen MR) is 98.3 cm³/mol. The molecule has 3 fully saturated rings. The highest BCUT2D eigenvalue weighted by Crippen LogP contribution is 2.39. The summed E-state index contributed by atoms with van der Waals surface area (Å²) in [5.41, 5.74) is 1.05. The zero-order chi connectivity index (χ0) is 17.6. The van der Waals surface area contributed by atoms with E-state index >= 15 is 0 Å². The van der Waals surface area contributed by atoms with E-state index < -0.39 is 10.0 Å². The third kappa shape index (κ3) is 3.82. The first-order chi connectivity index (χ1) is 11.9. The lowest BCUT2D eigenvalue weighted by molar-refractivity contribution is 0.327. The summed E-state index contributed by atoms with van der Waals surface area (Å²) in [7, 11) is -1.30. The largest absolute Gasteiger partial charge is 0.356 e. The number of aryl methyl sites for hydroxylation is 1. The Balaban J connectivity index is 1.35. The molecule has 0 aromatic carbocycles. The zero-order valence-electron chi connectivity index (χ0n) is 15.2. The van der Waals surface area contributed by atoms with Gasteiger partial charge in [-0.25, -0.2) is 22.7 Å². The molecule has 1 aromatic rings. The Bertz CT molecular complexity index is 735. The molecular formula is C18H28N4O2S. The molecular weight excluding hydrogens is 336 g/mol. The summed E-state index contributed by atoms with van der Waals surface area (Å²) in [4.78, 5) is 11.7. The lowest BCUT2D eigenvalue weighted by Gasteiger charge is -2.34. The van der Waals surface area contributed by atoms with Crippen LogP contribution in [0.15, 0.2) is 6.07 Å². The van der Waals surface area contributed by atoms with Crippen LogP contribution >= 0.6 is 0 Å². The molecule has 0 unspecified atom stereocenters. The third-order valence-corrected chi connectivity index (χ3v) is 7.97. The van der Waals surface area contributed by atoms with Crippen LogP contribution in [0.2, 0.25) is 0 Å². The van der Waals surface area contributed by atoms with E-state index in [4.69, 9.17) is 4.98 Å². The molecule has 1 aliphatic heterocycles. The van der Waals surface area contributed by atoms with Crippen molar-refractivity contribution in [2.75, 3.05) is 31.6 Å². The Kier molecular flexibility index (Phi) is 4.48. The van der Waals surface area contributed by atoms with E-state index in [9.17, 15) is 8.42 Å². The molecule has 0 atom stereocenters. The van der Waals surface area contributed by atoms with Gasteiger partial charge in [0.05, 0.1) is 5.25 Å². The Morgan fingerprint density at radius 1 is 1.12 bits per heavy atom. The molecule has 138 valence electrons. The summed E-state index contributed by atoms with van der Waals surface area (Å²) in [6.07, 6.45) is 6.14. The molecule has 6 nitrogen and oxygen atoms in total. The maximum atomic E-state index is 12.3. The van der Waals surface area contributed by atoms with Crippen molar-refractivity contribution in [2.24, 2.45) is 5.92 Å². The van der Waals surface area contributed by atoms with Crippen molar-refractivity contribution in [1.29, 1.82) is 0 Å². The minimum absolute atomic E-state index is 0.109. The molecule has 0 N–H and O–H groups in total. The first kappa shape index (κ1) is 17.2. The van der Waals surface area contributed by atoms with E-state index in [1.165, 1.54) is 12.8 Å². The molecule has 1 aromatic heterocycles. The van der Waals surface area contributed by atoms with Gasteiger partial charge in [-0.3, -0.25) is 0 Å². The zero-order valence-corrected chi connectivity index (χ0v) is 16.0. The van der Waals surface area contributed by atoms with Gasteiger partial charge in [-0.1, -0.05) is 0 Å². The molecule has 7 heteroatoms. The molecule has 0 bridgehead atoms. The van der Waals surface area contributed by atoms with Gasteiger partial charge >= 0.3 is 0 Å². The summed E-state index contributed by atoms with van der Waals surface area (Å²) in [6, 6.07) is 2.08. The molecule has 2 heterocycles. The highest BCUT2D eigenvalue weighted by Gasteiger charge is 2.39. The first-order valence-corrected chi connectivity index (χ1v) is 11.0. The van der Waals surface area contributed by atoms with Gasteiger partial charge < -0.3 is 4.90 Å². The van der Waals surface area contributed by atoms with Crippen molar-refractivity contribution >= 4 is 15.8 Å². The number of nitrogens with zero attached hydrogens (tertiary/aromatic N) is 4. The summed E-state index contributed by atoms with van der Waals surface area (Å²) < 4.78 is 26.2. The van der Waals surface area contributed by atoms with Crippen LogP contribution in [0.3, 0.4) is 0 Å². The summed E-state index contributed by atoms with van der Waals surface area (Å²) in [5, 5.41) is -0.109. The van der Waals surface area contributed by atoms with Gasteiger partial charge in [-0.05, 0) is 51.4 Å². The van der Waals surface area contributed by atoms with Crippen LogP contribution in [0.4, 0.5) is 5.82 Å². The fraction of sp³-hybridized carbons (Fsp3) is 0.778. The van der Waals surface area contributed by atoms with Crippen LogP contribution in [0, 0.1) is 12.8 Å². The van der Waals surface area contributed by atoms with E-state index in [1.54, 1.807) is 11.4 Å². The number of hydrogen-bond donors (Lipinski definition) is 0. The van der Waals surface area contributed by atoms with Crippen LogP contribution in [0.1, 0.15) is 56.0 Å². The lowest BCUT2D eigenvalue weighted by atomic mass is 9.97. The summed E-state index contributed by atoms with van der Waals surface area (Å²) >= 11 is 0. The van der Waals surface area contributed by atoms with Crippen molar-refractivity contribution in [3.63, 3.8) is 0 Å². The highest BCUT2D eigenvalue weighted by atomic mass is 32.2. The number of rotatable bonds is 6. The average molecular weight is 365 g/mol. The molecule has 4 rings (SSSR count). The fourth-order valence-corrected chi connectivity index (χ4v) is 5.35. The smallest absolute Gasteiger partial charge is 0.216 e. The normalized spacial score (nSPS) is 22.6. The second kappa shape index (κ2) is 6.50. The fourth-order valence-electron chi connectivity index (χ4n) is 3.69. The molecule has 0 amide bonds. The van der Waals surface area contributed by atoms with E-state index in [-0.39, 0.29) is 5.25 Å². The second-order valence-corrected chi connectivity index (χ2v) is 10.3. The monoisotopic (exact) mass is 364 g/mol. The molecule has 0 radical (unpaired) electrons. The summed E-state index contributed by atoms with van der Waals surface area (Å²) in [5.74, 6) is 3.07. The van der Waals surface area contributed by atoms with E-state index in [2.05, 4.69) is 16.0 Å². The first-order valence-electron chi connectivity index (χ1n) is 9.49. The van der Waals surface area contributed by atoms with Crippen molar-refractivity contribution < 1.29 is 8.42 Å². The van der Waals surface area contributed by atoms with Crippen molar-refractivity contribution in [1.82, 2.24) is 14.3 Å². The van der Waals surface area contributed by atoms with Gasteiger partial charge in [0.1, 0.15) is 11.6 Å². The Morgan fingerprint density at radius 3 is 2.40 bits per heavy atom. The van der Waals surface area contributed by atoms with E-state index in [1.807, 2.05) is 6.92 Å². The number of hydrogen-bond acceptors (Lipinski definition) is 5. The Labute approximate surface area is 150 Å². The minimum atomic E-state index is -3.05. The maximum absolute atomic E-state index is 12.3. The Morgan fingerprint density at radius 2 is 1.80 bits per heavy atom. The SMILES string of the molecule is Cc1cc(N2CCC(CN(C)S(=O)(=O)C3CC3)CC2)nc(C2CC2)n1.